The number of rotatable bonds is 4. The first-order valence-electron chi connectivity index (χ1n) is 7.75. The summed E-state index contributed by atoms with van der Waals surface area (Å²) in [6.07, 6.45) is -5.60. The SMILES string of the molecule is CCOC(=O)N(C)Cn1c(-c2ccc(Cl)c(Cl)c2)c(C#N)c(Br)c1C(F)(F)F. The van der Waals surface area contributed by atoms with Crippen molar-refractivity contribution in [3.05, 3.63) is 44.0 Å². The minimum absolute atomic E-state index is 0.0589. The smallest absolute Gasteiger partial charge is 0.432 e. The number of nitrogens with zero attached hydrogens (tertiary/aromatic N) is 3. The highest BCUT2D eigenvalue weighted by Gasteiger charge is 2.41. The van der Waals surface area contributed by atoms with Crippen LogP contribution in [0.1, 0.15) is 18.2 Å². The largest absolute Gasteiger partial charge is 0.450 e. The summed E-state index contributed by atoms with van der Waals surface area (Å²) in [4.78, 5) is 12.9. The number of alkyl halides is 3. The molecule has 0 atom stereocenters. The molecule has 1 aromatic heterocycles. The van der Waals surface area contributed by atoms with Gasteiger partial charge in [0.2, 0.25) is 0 Å². The Hall–Kier alpha value is -1.89. The molecule has 0 spiro atoms. The van der Waals surface area contributed by atoms with Gasteiger partial charge in [-0.2, -0.15) is 18.4 Å². The first-order valence-corrected chi connectivity index (χ1v) is 9.30. The molecule has 150 valence electrons. The van der Waals surface area contributed by atoms with Crippen LogP contribution in [0.15, 0.2) is 22.7 Å². The molecule has 0 saturated heterocycles. The lowest BCUT2D eigenvalue weighted by atomic mass is 10.1. The van der Waals surface area contributed by atoms with Crippen LogP contribution in [0.25, 0.3) is 11.3 Å². The maximum atomic E-state index is 13.8. The van der Waals surface area contributed by atoms with Crippen LogP contribution in [0.3, 0.4) is 0 Å². The highest BCUT2D eigenvalue weighted by atomic mass is 79.9. The first kappa shape index (κ1) is 22.4. The van der Waals surface area contributed by atoms with Gasteiger partial charge in [-0.25, -0.2) is 4.79 Å². The van der Waals surface area contributed by atoms with Crippen molar-refractivity contribution >= 4 is 45.2 Å². The Balaban J connectivity index is 2.77. The predicted molar refractivity (Wildman–Crippen MR) is 102 cm³/mol. The number of benzene rings is 1. The van der Waals surface area contributed by atoms with Crippen molar-refractivity contribution in [1.82, 2.24) is 9.47 Å². The second-order valence-electron chi connectivity index (χ2n) is 5.59. The van der Waals surface area contributed by atoms with Gasteiger partial charge < -0.3 is 9.30 Å². The van der Waals surface area contributed by atoms with E-state index in [1.54, 1.807) is 13.0 Å². The van der Waals surface area contributed by atoms with Gasteiger partial charge in [0.1, 0.15) is 18.4 Å². The summed E-state index contributed by atoms with van der Waals surface area (Å²) < 4.78 is 46.5. The Morgan fingerprint density at radius 2 is 2.00 bits per heavy atom. The van der Waals surface area contributed by atoms with Gasteiger partial charge in [-0.1, -0.05) is 29.3 Å². The molecule has 0 radical (unpaired) electrons. The van der Waals surface area contributed by atoms with Crippen molar-refractivity contribution in [3.8, 4) is 17.3 Å². The number of amides is 1. The Kier molecular flexibility index (Phi) is 6.91. The molecule has 0 unspecified atom stereocenters. The lowest BCUT2D eigenvalue weighted by molar-refractivity contribution is -0.144. The predicted octanol–water partition coefficient (Wildman–Crippen LogP) is 6.16. The molecule has 28 heavy (non-hydrogen) atoms. The maximum absolute atomic E-state index is 13.8. The third-order valence-corrected chi connectivity index (χ3v) is 5.22. The van der Waals surface area contributed by atoms with Crippen molar-refractivity contribution in [2.45, 2.75) is 19.8 Å². The average Bonchev–Trinajstić information content (AvgIpc) is 2.88. The maximum Gasteiger partial charge on any atom is 0.432 e. The van der Waals surface area contributed by atoms with Gasteiger partial charge in [0.15, 0.2) is 0 Å². The zero-order chi connectivity index (χ0) is 21.2. The van der Waals surface area contributed by atoms with Gasteiger partial charge in [-0.15, -0.1) is 0 Å². The van der Waals surface area contributed by atoms with E-state index in [2.05, 4.69) is 15.9 Å². The summed E-state index contributed by atoms with van der Waals surface area (Å²) in [5, 5.41) is 9.81. The van der Waals surface area contributed by atoms with Gasteiger partial charge in [0, 0.05) is 12.6 Å². The van der Waals surface area contributed by atoms with Crippen LogP contribution < -0.4 is 0 Å². The molecule has 0 saturated carbocycles. The molecule has 1 amide bonds. The molecule has 2 aromatic rings. The van der Waals surface area contributed by atoms with Gasteiger partial charge >= 0.3 is 12.3 Å². The number of ether oxygens (including phenoxy) is 1. The van der Waals surface area contributed by atoms with Crippen LogP contribution in [-0.4, -0.2) is 29.2 Å². The monoisotopic (exact) mass is 497 g/mol. The van der Waals surface area contributed by atoms with E-state index >= 15 is 0 Å². The van der Waals surface area contributed by atoms with E-state index < -0.39 is 29.1 Å². The Bertz CT molecular complexity index is 955. The Morgan fingerprint density at radius 3 is 2.50 bits per heavy atom. The van der Waals surface area contributed by atoms with Crippen LogP contribution in [0.2, 0.25) is 10.0 Å². The molecule has 0 bridgehead atoms. The molecule has 1 heterocycles. The molecule has 11 heteroatoms. The molecule has 0 N–H and O–H groups in total. The lowest BCUT2D eigenvalue weighted by Crippen LogP contribution is -2.31. The van der Waals surface area contributed by atoms with Gasteiger partial charge in [0.05, 0.1) is 32.4 Å². The van der Waals surface area contributed by atoms with Crippen LogP contribution in [0, 0.1) is 11.3 Å². The second kappa shape index (κ2) is 8.64. The van der Waals surface area contributed by atoms with Gasteiger partial charge in [0.25, 0.3) is 0 Å². The third-order valence-electron chi connectivity index (χ3n) is 3.71. The summed E-state index contributed by atoms with van der Waals surface area (Å²) in [5.74, 6) is 0. The van der Waals surface area contributed by atoms with Crippen LogP contribution in [0.4, 0.5) is 18.0 Å². The number of hydrogen-bond acceptors (Lipinski definition) is 3. The van der Waals surface area contributed by atoms with Crippen LogP contribution in [-0.2, 0) is 17.6 Å². The normalized spacial score (nSPS) is 11.2. The molecule has 1 aromatic carbocycles. The van der Waals surface area contributed by atoms with E-state index in [-0.39, 0.29) is 33.5 Å². The van der Waals surface area contributed by atoms with Crippen molar-refractivity contribution in [3.63, 3.8) is 0 Å². The fourth-order valence-corrected chi connectivity index (χ4v) is 3.57. The minimum atomic E-state index is -4.80. The highest BCUT2D eigenvalue weighted by Crippen LogP contribution is 2.44. The molecule has 0 aliphatic carbocycles. The van der Waals surface area contributed by atoms with Crippen LogP contribution >= 0.6 is 39.1 Å². The molecule has 5 nitrogen and oxygen atoms in total. The van der Waals surface area contributed by atoms with Crippen molar-refractivity contribution in [2.24, 2.45) is 0 Å². The summed E-state index contributed by atoms with van der Waals surface area (Å²) >= 11 is 14.8. The topological polar surface area (TPSA) is 58.3 Å². The number of carbonyl (C=O) groups excluding carboxylic acids is 1. The standard InChI is InChI=1S/C17H13BrCl2F3N3O2/c1-3-28-16(27)25(2)8-26-14(9-4-5-11(19)12(20)6-9)10(7-24)13(18)15(26)17(21,22)23/h4-6H,3,8H2,1-2H3. The highest BCUT2D eigenvalue weighted by molar-refractivity contribution is 9.10. The van der Waals surface area contributed by atoms with E-state index in [4.69, 9.17) is 27.9 Å². The summed E-state index contributed by atoms with van der Waals surface area (Å²) in [5.41, 5.74) is -1.18. The van der Waals surface area contributed by atoms with Gasteiger partial charge in [-0.3, -0.25) is 4.90 Å². The minimum Gasteiger partial charge on any atom is -0.450 e. The Labute approximate surface area is 177 Å². The second-order valence-corrected chi connectivity index (χ2v) is 7.20. The van der Waals surface area contributed by atoms with E-state index in [0.717, 1.165) is 9.47 Å². The molecule has 0 aliphatic heterocycles. The number of hydrogen-bond donors (Lipinski definition) is 0. The zero-order valence-corrected chi connectivity index (χ0v) is 17.7. The zero-order valence-electron chi connectivity index (χ0n) is 14.6. The molecule has 2 rings (SSSR count). The van der Waals surface area contributed by atoms with E-state index in [1.807, 2.05) is 0 Å². The fraction of sp³-hybridized carbons (Fsp3) is 0.294. The summed E-state index contributed by atoms with van der Waals surface area (Å²) in [6.45, 7) is 1.13. The number of aromatic nitrogens is 1. The van der Waals surface area contributed by atoms with E-state index in [1.165, 1.54) is 25.2 Å². The van der Waals surface area contributed by atoms with E-state index in [0.29, 0.717) is 0 Å². The molecule has 0 aliphatic rings. The lowest BCUT2D eigenvalue weighted by Gasteiger charge is -2.22. The van der Waals surface area contributed by atoms with E-state index in [9.17, 15) is 23.2 Å². The summed E-state index contributed by atoms with van der Waals surface area (Å²) in [6, 6.07) is 5.99. The quantitative estimate of drug-likeness (QED) is 0.507. The molecular formula is C17H13BrCl2F3N3O2. The van der Waals surface area contributed by atoms with Crippen molar-refractivity contribution < 1.29 is 22.7 Å². The van der Waals surface area contributed by atoms with Crippen LogP contribution in [0.5, 0.6) is 0 Å². The Morgan fingerprint density at radius 1 is 1.36 bits per heavy atom. The third kappa shape index (κ3) is 4.40. The van der Waals surface area contributed by atoms with Gasteiger partial charge in [-0.05, 0) is 35.0 Å². The average molecular weight is 499 g/mol. The number of halogens is 6. The van der Waals surface area contributed by atoms with Crippen molar-refractivity contribution in [2.75, 3.05) is 13.7 Å². The number of nitriles is 1. The number of carbonyl (C=O) groups is 1. The van der Waals surface area contributed by atoms with Crippen molar-refractivity contribution in [1.29, 1.82) is 5.26 Å². The summed E-state index contributed by atoms with van der Waals surface area (Å²) in [7, 11) is 1.29. The first-order chi connectivity index (χ1) is 13.0. The molecular weight excluding hydrogens is 486 g/mol. The fourth-order valence-electron chi connectivity index (χ4n) is 2.56. The molecule has 0 fully saturated rings.